The second-order valence-electron chi connectivity index (χ2n) is 7.09. The fourth-order valence-corrected chi connectivity index (χ4v) is 3.40. The van der Waals surface area contributed by atoms with Gasteiger partial charge in [0.15, 0.2) is 5.65 Å². The van der Waals surface area contributed by atoms with E-state index >= 15 is 0 Å². The first-order valence-corrected chi connectivity index (χ1v) is 9.23. The lowest BCUT2D eigenvalue weighted by Crippen LogP contribution is -2.49. The molecule has 1 aliphatic heterocycles. The van der Waals surface area contributed by atoms with Crippen molar-refractivity contribution in [3.05, 3.63) is 36.8 Å². The van der Waals surface area contributed by atoms with Crippen molar-refractivity contribution in [3.63, 3.8) is 0 Å². The highest BCUT2D eigenvalue weighted by molar-refractivity contribution is 5.80. The molecule has 1 saturated carbocycles. The zero-order valence-electron chi connectivity index (χ0n) is 14.8. The molecule has 1 N–H and O–H groups in total. The van der Waals surface area contributed by atoms with Gasteiger partial charge in [0.25, 0.3) is 0 Å². The van der Waals surface area contributed by atoms with E-state index in [0.717, 1.165) is 55.1 Å². The molecule has 5 rings (SSSR count). The third-order valence-electron chi connectivity index (χ3n) is 4.91. The van der Waals surface area contributed by atoms with E-state index in [1.54, 1.807) is 6.20 Å². The van der Waals surface area contributed by atoms with Gasteiger partial charge in [0, 0.05) is 43.6 Å². The number of pyridine rings is 1. The number of piperazine rings is 1. The van der Waals surface area contributed by atoms with E-state index in [9.17, 15) is 0 Å². The van der Waals surface area contributed by atoms with Crippen LogP contribution in [0.25, 0.3) is 16.8 Å². The van der Waals surface area contributed by atoms with Crippen LogP contribution < -0.4 is 15.0 Å². The summed E-state index contributed by atoms with van der Waals surface area (Å²) in [5.74, 6) is 1.66. The average Bonchev–Trinajstić information content (AvgIpc) is 3.38. The topological polar surface area (TPSA) is 67.6 Å². The minimum atomic E-state index is 0.302. The van der Waals surface area contributed by atoms with Crippen LogP contribution >= 0.6 is 0 Å². The van der Waals surface area contributed by atoms with Crippen LogP contribution in [0.5, 0.6) is 5.88 Å². The van der Waals surface area contributed by atoms with Crippen LogP contribution in [-0.2, 0) is 0 Å². The molecular weight excluding hydrogens is 328 g/mol. The molecule has 1 aliphatic carbocycles. The Morgan fingerprint density at radius 3 is 3.00 bits per heavy atom. The van der Waals surface area contributed by atoms with Gasteiger partial charge in [-0.1, -0.05) is 0 Å². The van der Waals surface area contributed by atoms with E-state index < -0.39 is 0 Å². The molecule has 3 aromatic heterocycles. The minimum absolute atomic E-state index is 0.302. The number of nitrogens with one attached hydrogen (secondary N) is 1. The van der Waals surface area contributed by atoms with Gasteiger partial charge >= 0.3 is 0 Å². The Bertz CT molecular complexity index is 935. The summed E-state index contributed by atoms with van der Waals surface area (Å²) >= 11 is 0. The van der Waals surface area contributed by atoms with Gasteiger partial charge in [0.05, 0.1) is 11.8 Å². The first-order valence-electron chi connectivity index (χ1n) is 9.23. The molecule has 2 fully saturated rings. The van der Waals surface area contributed by atoms with Gasteiger partial charge in [-0.3, -0.25) is 0 Å². The molecule has 0 spiro atoms. The fraction of sp³-hybridized carbons (Fsp3) is 0.421. The van der Waals surface area contributed by atoms with Gasteiger partial charge in [-0.25, -0.2) is 14.5 Å². The highest BCUT2D eigenvalue weighted by atomic mass is 16.5. The lowest BCUT2D eigenvalue weighted by atomic mass is 10.1. The Labute approximate surface area is 152 Å². The summed E-state index contributed by atoms with van der Waals surface area (Å²) in [6.07, 6.45) is 8.11. The SMILES string of the molecule is C[C@H]1CN(c2ccn3ncc(-c4cccnc4OC4CC4)c3n2)CCN1. The largest absolute Gasteiger partial charge is 0.474 e. The van der Waals surface area contributed by atoms with Gasteiger partial charge in [0.2, 0.25) is 5.88 Å². The van der Waals surface area contributed by atoms with Crippen molar-refractivity contribution < 1.29 is 4.74 Å². The Balaban J connectivity index is 1.55. The number of fused-ring (bicyclic) bond motifs is 1. The Morgan fingerprint density at radius 1 is 1.23 bits per heavy atom. The average molecular weight is 350 g/mol. The van der Waals surface area contributed by atoms with Crippen LogP contribution in [0, 0.1) is 0 Å². The molecule has 7 nitrogen and oxygen atoms in total. The second-order valence-corrected chi connectivity index (χ2v) is 7.09. The predicted molar refractivity (Wildman–Crippen MR) is 99.5 cm³/mol. The summed E-state index contributed by atoms with van der Waals surface area (Å²) in [5, 5.41) is 7.94. The number of nitrogens with zero attached hydrogens (tertiary/aromatic N) is 5. The molecule has 4 heterocycles. The number of hydrogen-bond acceptors (Lipinski definition) is 6. The summed E-state index contributed by atoms with van der Waals surface area (Å²) in [4.78, 5) is 11.7. The molecule has 7 heteroatoms. The maximum Gasteiger partial charge on any atom is 0.221 e. The van der Waals surface area contributed by atoms with Crippen LogP contribution in [0.3, 0.4) is 0 Å². The van der Waals surface area contributed by atoms with Gasteiger partial charge in [-0.05, 0) is 38.0 Å². The predicted octanol–water partition coefficient (Wildman–Crippen LogP) is 2.13. The maximum atomic E-state index is 6.00. The highest BCUT2D eigenvalue weighted by Crippen LogP contribution is 2.34. The van der Waals surface area contributed by atoms with Crippen molar-refractivity contribution in [3.8, 4) is 17.0 Å². The van der Waals surface area contributed by atoms with Crippen molar-refractivity contribution >= 4 is 11.5 Å². The number of rotatable bonds is 4. The lowest BCUT2D eigenvalue weighted by molar-refractivity contribution is 0.292. The van der Waals surface area contributed by atoms with Gasteiger partial charge in [-0.2, -0.15) is 5.10 Å². The molecule has 26 heavy (non-hydrogen) atoms. The summed E-state index contributed by atoms with van der Waals surface area (Å²) in [7, 11) is 0. The summed E-state index contributed by atoms with van der Waals surface area (Å²) in [6.45, 7) is 5.09. The first kappa shape index (κ1) is 15.6. The van der Waals surface area contributed by atoms with Crippen molar-refractivity contribution in [2.75, 3.05) is 24.5 Å². The van der Waals surface area contributed by atoms with E-state index in [1.807, 2.05) is 35.1 Å². The molecule has 3 aromatic rings. The van der Waals surface area contributed by atoms with Crippen molar-refractivity contribution in [2.45, 2.75) is 31.9 Å². The second kappa shape index (κ2) is 6.25. The van der Waals surface area contributed by atoms with Crippen molar-refractivity contribution in [2.24, 2.45) is 0 Å². The molecule has 0 unspecified atom stereocenters. The maximum absolute atomic E-state index is 6.00. The van der Waals surface area contributed by atoms with E-state index in [4.69, 9.17) is 9.72 Å². The smallest absolute Gasteiger partial charge is 0.221 e. The highest BCUT2D eigenvalue weighted by Gasteiger charge is 2.26. The van der Waals surface area contributed by atoms with E-state index in [-0.39, 0.29) is 0 Å². The zero-order chi connectivity index (χ0) is 17.5. The lowest BCUT2D eigenvalue weighted by Gasteiger charge is -2.32. The molecule has 0 aromatic carbocycles. The molecule has 1 saturated heterocycles. The van der Waals surface area contributed by atoms with E-state index in [0.29, 0.717) is 18.0 Å². The summed E-state index contributed by atoms with van der Waals surface area (Å²) < 4.78 is 7.81. The van der Waals surface area contributed by atoms with Crippen LogP contribution in [0.15, 0.2) is 36.8 Å². The first-order chi connectivity index (χ1) is 12.8. The molecule has 1 atom stereocenters. The molecular formula is C19H22N6O. The molecule has 134 valence electrons. The van der Waals surface area contributed by atoms with Crippen LogP contribution in [0.1, 0.15) is 19.8 Å². The van der Waals surface area contributed by atoms with Gasteiger partial charge < -0.3 is 15.0 Å². The monoisotopic (exact) mass is 350 g/mol. The minimum Gasteiger partial charge on any atom is -0.474 e. The Hall–Kier alpha value is -2.67. The standard InChI is InChI=1S/C19H22N6O/c1-13-12-24(10-8-20-13)17-6-9-25-18(23-17)16(11-22-25)15-3-2-7-21-19(15)26-14-4-5-14/h2-3,6-7,9,11,13-14,20H,4-5,8,10,12H2,1H3/t13-/m0/s1. The fourth-order valence-electron chi connectivity index (χ4n) is 3.40. The third-order valence-corrected chi connectivity index (χ3v) is 4.91. The molecule has 0 radical (unpaired) electrons. The van der Waals surface area contributed by atoms with E-state index in [2.05, 4.69) is 27.2 Å². The van der Waals surface area contributed by atoms with Crippen LogP contribution in [-0.4, -0.2) is 51.4 Å². The number of anilines is 1. The normalized spacial score (nSPS) is 20.5. The third kappa shape index (κ3) is 2.88. The Morgan fingerprint density at radius 2 is 2.15 bits per heavy atom. The Kier molecular flexibility index (Phi) is 3.74. The molecule has 2 aliphatic rings. The summed E-state index contributed by atoms with van der Waals surface area (Å²) in [5.41, 5.74) is 2.74. The summed E-state index contributed by atoms with van der Waals surface area (Å²) in [6, 6.07) is 6.46. The number of ether oxygens (including phenoxy) is 1. The number of hydrogen-bond donors (Lipinski definition) is 1. The zero-order valence-corrected chi connectivity index (χ0v) is 14.8. The van der Waals surface area contributed by atoms with Crippen molar-refractivity contribution in [1.82, 2.24) is 24.9 Å². The number of aromatic nitrogens is 4. The van der Waals surface area contributed by atoms with Crippen LogP contribution in [0.4, 0.5) is 5.82 Å². The molecule has 0 bridgehead atoms. The van der Waals surface area contributed by atoms with Crippen molar-refractivity contribution in [1.29, 1.82) is 0 Å². The quantitative estimate of drug-likeness (QED) is 0.777. The van der Waals surface area contributed by atoms with Gasteiger partial charge in [0.1, 0.15) is 11.9 Å². The van der Waals surface area contributed by atoms with Gasteiger partial charge in [-0.15, -0.1) is 0 Å². The molecule has 0 amide bonds. The van der Waals surface area contributed by atoms with Crippen LogP contribution in [0.2, 0.25) is 0 Å². The van der Waals surface area contributed by atoms with E-state index in [1.165, 1.54) is 0 Å².